The number of rotatable bonds is 3. The van der Waals surface area contributed by atoms with Crippen molar-refractivity contribution in [2.24, 2.45) is 5.10 Å². The monoisotopic (exact) mass is 356 g/mol. The van der Waals surface area contributed by atoms with Crippen molar-refractivity contribution in [1.82, 2.24) is 5.01 Å². The summed E-state index contributed by atoms with van der Waals surface area (Å²) in [5.41, 5.74) is 4.28. The summed E-state index contributed by atoms with van der Waals surface area (Å²) in [6, 6.07) is 24.0. The minimum Gasteiger partial charge on any atom is -0.508 e. The van der Waals surface area contributed by atoms with Crippen LogP contribution in [0.25, 0.3) is 0 Å². The molecule has 4 nitrogen and oxygen atoms in total. The fourth-order valence-electron chi connectivity index (χ4n) is 3.34. The number of nitrogens with zero attached hydrogens (tertiary/aromatic N) is 2. The number of hydrazone groups is 1. The summed E-state index contributed by atoms with van der Waals surface area (Å²) < 4.78 is 0. The second-order valence-electron chi connectivity index (χ2n) is 6.71. The average Bonchev–Trinajstić information content (AvgIpc) is 3.14. The predicted molar refractivity (Wildman–Crippen MR) is 106 cm³/mol. The summed E-state index contributed by atoms with van der Waals surface area (Å²) in [5.74, 6) is -0.000294. The zero-order valence-corrected chi connectivity index (χ0v) is 15.0. The number of carbonyl (C=O) groups is 1. The Hall–Kier alpha value is -3.40. The Kier molecular flexibility index (Phi) is 4.47. The van der Waals surface area contributed by atoms with E-state index < -0.39 is 0 Å². The second kappa shape index (κ2) is 7.08. The SMILES string of the molecule is Cc1ccc(C2=NN(C(=O)c3ccccc3)[C@H](c3ccccc3O)C2)cc1. The molecule has 0 aromatic heterocycles. The zero-order valence-electron chi connectivity index (χ0n) is 15.0. The number of amides is 1. The Labute approximate surface area is 158 Å². The van der Waals surface area contributed by atoms with E-state index in [9.17, 15) is 9.90 Å². The molecule has 4 rings (SSSR count). The van der Waals surface area contributed by atoms with E-state index in [0.717, 1.165) is 11.3 Å². The van der Waals surface area contributed by atoms with Gasteiger partial charge in [0.1, 0.15) is 5.75 Å². The molecule has 0 fully saturated rings. The second-order valence-corrected chi connectivity index (χ2v) is 6.71. The highest BCUT2D eigenvalue weighted by atomic mass is 16.3. The summed E-state index contributed by atoms with van der Waals surface area (Å²) in [6.07, 6.45) is 0.555. The standard InChI is InChI=1S/C23H20N2O2/c1-16-11-13-17(14-12-16)20-15-21(19-9-5-6-10-22(19)26)25(24-20)23(27)18-7-3-2-4-8-18/h2-14,21,26H,15H2,1H3/t21-/m0/s1. The molecule has 1 aliphatic rings. The quantitative estimate of drug-likeness (QED) is 0.740. The number of carbonyl (C=O) groups excluding carboxylic acids is 1. The lowest BCUT2D eigenvalue weighted by atomic mass is 9.97. The molecule has 1 aliphatic heterocycles. The average molecular weight is 356 g/mol. The molecule has 1 heterocycles. The van der Waals surface area contributed by atoms with Gasteiger partial charge in [0, 0.05) is 17.5 Å². The highest BCUT2D eigenvalue weighted by Gasteiger charge is 2.34. The highest BCUT2D eigenvalue weighted by molar-refractivity contribution is 6.05. The molecule has 0 radical (unpaired) electrons. The van der Waals surface area contributed by atoms with E-state index in [1.165, 1.54) is 10.6 Å². The maximum absolute atomic E-state index is 13.1. The number of hydrogen-bond donors (Lipinski definition) is 1. The van der Waals surface area contributed by atoms with Crippen molar-refractivity contribution in [2.45, 2.75) is 19.4 Å². The number of hydrogen-bond acceptors (Lipinski definition) is 3. The molecule has 0 aliphatic carbocycles. The summed E-state index contributed by atoms with van der Waals surface area (Å²) in [4.78, 5) is 13.1. The van der Waals surface area contributed by atoms with E-state index >= 15 is 0 Å². The number of benzene rings is 3. The van der Waals surface area contributed by atoms with Crippen LogP contribution < -0.4 is 0 Å². The van der Waals surface area contributed by atoms with Crippen LogP contribution in [0.4, 0.5) is 0 Å². The first-order valence-electron chi connectivity index (χ1n) is 8.94. The van der Waals surface area contributed by atoms with Gasteiger partial charge in [-0.1, -0.05) is 66.2 Å². The molecule has 1 amide bonds. The van der Waals surface area contributed by atoms with E-state index in [1.807, 2.05) is 61.5 Å². The number of para-hydroxylation sites is 1. The van der Waals surface area contributed by atoms with E-state index in [2.05, 4.69) is 5.10 Å². The van der Waals surface area contributed by atoms with Crippen LogP contribution in [0, 0.1) is 6.92 Å². The van der Waals surface area contributed by atoms with Gasteiger partial charge in [-0.15, -0.1) is 0 Å². The van der Waals surface area contributed by atoms with Crippen molar-refractivity contribution in [3.8, 4) is 5.75 Å². The smallest absolute Gasteiger partial charge is 0.274 e. The van der Waals surface area contributed by atoms with Gasteiger partial charge in [0.15, 0.2) is 0 Å². The minimum atomic E-state index is -0.338. The molecule has 1 N–H and O–H groups in total. The van der Waals surface area contributed by atoms with Gasteiger partial charge in [-0.2, -0.15) is 5.10 Å². The third-order valence-corrected chi connectivity index (χ3v) is 4.82. The van der Waals surface area contributed by atoms with Gasteiger partial charge in [-0.05, 0) is 30.7 Å². The third-order valence-electron chi connectivity index (χ3n) is 4.82. The topological polar surface area (TPSA) is 52.9 Å². The largest absolute Gasteiger partial charge is 0.508 e. The molecule has 0 saturated carbocycles. The predicted octanol–water partition coefficient (Wildman–Crippen LogP) is 4.69. The van der Waals surface area contributed by atoms with Gasteiger partial charge in [0.05, 0.1) is 11.8 Å². The van der Waals surface area contributed by atoms with Crippen LogP contribution in [0.2, 0.25) is 0 Å². The van der Waals surface area contributed by atoms with E-state index in [-0.39, 0.29) is 17.7 Å². The van der Waals surface area contributed by atoms with Crippen molar-refractivity contribution in [1.29, 1.82) is 0 Å². The molecule has 3 aromatic rings. The van der Waals surface area contributed by atoms with Crippen LogP contribution in [-0.4, -0.2) is 21.7 Å². The first-order chi connectivity index (χ1) is 13.1. The molecular weight excluding hydrogens is 336 g/mol. The summed E-state index contributed by atoms with van der Waals surface area (Å²) in [5, 5.41) is 16.5. The molecule has 4 heteroatoms. The van der Waals surface area contributed by atoms with E-state index in [4.69, 9.17) is 0 Å². The Morgan fingerprint density at radius 3 is 2.33 bits per heavy atom. The number of aryl methyl sites for hydroxylation is 1. The van der Waals surface area contributed by atoms with Gasteiger partial charge < -0.3 is 5.11 Å². The lowest BCUT2D eigenvalue weighted by Gasteiger charge is -2.22. The summed E-state index contributed by atoms with van der Waals surface area (Å²) in [6.45, 7) is 2.04. The Balaban J connectivity index is 1.75. The molecule has 0 saturated heterocycles. The van der Waals surface area contributed by atoms with Gasteiger partial charge in [-0.25, -0.2) is 5.01 Å². The molecule has 0 unspecified atom stereocenters. The lowest BCUT2D eigenvalue weighted by Crippen LogP contribution is -2.27. The van der Waals surface area contributed by atoms with E-state index in [0.29, 0.717) is 17.5 Å². The first kappa shape index (κ1) is 17.0. The summed E-state index contributed by atoms with van der Waals surface area (Å²) >= 11 is 0. The maximum Gasteiger partial charge on any atom is 0.274 e. The van der Waals surface area contributed by atoms with Crippen LogP contribution in [0.3, 0.4) is 0 Å². The minimum absolute atomic E-state index is 0.175. The lowest BCUT2D eigenvalue weighted by molar-refractivity contribution is 0.0709. The van der Waals surface area contributed by atoms with Crippen LogP contribution in [-0.2, 0) is 0 Å². The van der Waals surface area contributed by atoms with Gasteiger partial charge in [0.25, 0.3) is 5.91 Å². The molecule has 134 valence electrons. The molecular formula is C23H20N2O2. The van der Waals surface area contributed by atoms with Crippen molar-refractivity contribution >= 4 is 11.6 Å². The van der Waals surface area contributed by atoms with Crippen molar-refractivity contribution < 1.29 is 9.90 Å². The van der Waals surface area contributed by atoms with Gasteiger partial charge >= 0.3 is 0 Å². The third kappa shape index (κ3) is 3.34. The van der Waals surface area contributed by atoms with Crippen LogP contribution in [0.5, 0.6) is 5.75 Å². The molecule has 27 heavy (non-hydrogen) atoms. The fourth-order valence-corrected chi connectivity index (χ4v) is 3.34. The number of phenols is 1. The first-order valence-corrected chi connectivity index (χ1v) is 8.94. The van der Waals surface area contributed by atoms with Crippen LogP contribution >= 0.6 is 0 Å². The molecule has 3 aromatic carbocycles. The molecule has 0 spiro atoms. The number of phenolic OH excluding ortho intramolecular Hbond substituents is 1. The van der Waals surface area contributed by atoms with Gasteiger partial charge in [-0.3, -0.25) is 4.79 Å². The normalized spacial score (nSPS) is 16.3. The maximum atomic E-state index is 13.1. The Morgan fingerprint density at radius 2 is 1.63 bits per heavy atom. The number of aromatic hydroxyl groups is 1. The van der Waals surface area contributed by atoms with Crippen molar-refractivity contribution in [2.75, 3.05) is 0 Å². The fraction of sp³-hybridized carbons (Fsp3) is 0.130. The van der Waals surface area contributed by atoms with Crippen molar-refractivity contribution in [3.05, 3.63) is 101 Å². The highest BCUT2D eigenvalue weighted by Crippen LogP contribution is 2.37. The van der Waals surface area contributed by atoms with E-state index in [1.54, 1.807) is 24.3 Å². The zero-order chi connectivity index (χ0) is 18.8. The Morgan fingerprint density at radius 1 is 0.963 bits per heavy atom. The molecule has 1 atom stereocenters. The Bertz CT molecular complexity index is 994. The van der Waals surface area contributed by atoms with Crippen LogP contribution in [0.15, 0.2) is 84.0 Å². The van der Waals surface area contributed by atoms with Gasteiger partial charge in [0.2, 0.25) is 0 Å². The van der Waals surface area contributed by atoms with Crippen LogP contribution in [0.1, 0.15) is 39.5 Å². The summed E-state index contributed by atoms with van der Waals surface area (Å²) in [7, 11) is 0. The van der Waals surface area contributed by atoms with Crippen molar-refractivity contribution in [3.63, 3.8) is 0 Å². The molecule has 0 bridgehead atoms.